The van der Waals surface area contributed by atoms with Crippen molar-refractivity contribution < 1.29 is 17.9 Å². The van der Waals surface area contributed by atoms with Crippen molar-refractivity contribution in [1.29, 1.82) is 0 Å². The first-order valence-corrected chi connectivity index (χ1v) is 8.79. The van der Waals surface area contributed by atoms with E-state index in [1.165, 1.54) is 11.7 Å². The lowest BCUT2D eigenvalue weighted by Gasteiger charge is -2.13. The van der Waals surface area contributed by atoms with Crippen LogP contribution in [0.1, 0.15) is 22.4 Å². The Morgan fingerprint density at radius 2 is 1.50 bits per heavy atom. The highest BCUT2D eigenvalue weighted by molar-refractivity contribution is 5.94. The van der Waals surface area contributed by atoms with Gasteiger partial charge >= 0.3 is 6.18 Å². The molecule has 28 heavy (non-hydrogen) atoms. The van der Waals surface area contributed by atoms with Crippen LogP contribution in [-0.2, 0) is 13.2 Å². The lowest BCUT2D eigenvalue weighted by atomic mass is 9.96. The SMILES string of the molecule is Cc1cc(C)c(C)c(-c2c3nc4ccccc4nc3c(C(F)(F)F)n[n+]2C)c1. The summed E-state index contributed by atoms with van der Waals surface area (Å²) in [6, 6.07) is 10.9. The smallest absolute Gasteiger partial charge is 0.242 e. The van der Waals surface area contributed by atoms with Gasteiger partial charge < -0.3 is 0 Å². The van der Waals surface area contributed by atoms with E-state index in [4.69, 9.17) is 0 Å². The number of benzene rings is 2. The Hall–Kier alpha value is -3.09. The van der Waals surface area contributed by atoms with Crippen LogP contribution in [-0.4, -0.2) is 15.1 Å². The summed E-state index contributed by atoms with van der Waals surface area (Å²) >= 11 is 0. The Labute approximate surface area is 159 Å². The average molecular weight is 383 g/mol. The number of halogens is 3. The van der Waals surface area contributed by atoms with E-state index in [9.17, 15) is 13.2 Å². The second-order valence-electron chi connectivity index (χ2n) is 6.98. The lowest BCUT2D eigenvalue weighted by molar-refractivity contribution is -0.720. The second-order valence-corrected chi connectivity index (χ2v) is 6.98. The van der Waals surface area contributed by atoms with Gasteiger partial charge in [0.15, 0.2) is 12.6 Å². The van der Waals surface area contributed by atoms with Gasteiger partial charge in [-0.2, -0.15) is 13.2 Å². The van der Waals surface area contributed by atoms with Crippen LogP contribution >= 0.6 is 0 Å². The summed E-state index contributed by atoms with van der Waals surface area (Å²) in [6.45, 7) is 5.88. The van der Waals surface area contributed by atoms with Gasteiger partial charge in [0, 0.05) is 5.10 Å². The summed E-state index contributed by atoms with van der Waals surface area (Å²) in [6.07, 6.45) is -4.64. The van der Waals surface area contributed by atoms with Crippen molar-refractivity contribution >= 4 is 22.1 Å². The molecule has 4 nitrogen and oxygen atoms in total. The summed E-state index contributed by atoms with van der Waals surface area (Å²) in [5.74, 6) is 0. The van der Waals surface area contributed by atoms with Gasteiger partial charge in [0.1, 0.15) is 5.52 Å². The number of aromatic nitrogens is 4. The van der Waals surface area contributed by atoms with Crippen LogP contribution in [0.25, 0.3) is 33.3 Å². The molecule has 0 bridgehead atoms. The fourth-order valence-corrected chi connectivity index (χ4v) is 3.51. The Kier molecular flexibility index (Phi) is 4.06. The largest absolute Gasteiger partial charge is 0.441 e. The number of hydrogen-bond donors (Lipinski definition) is 0. The van der Waals surface area contributed by atoms with E-state index in [-0.39, 0.29) is 11.0 Å². The molecule has 0 atom stereocenters. The maximum absolute atomic E-state index is 13.7. The van der Waals surface area contributed by atoms with E-state index in [0.717, 1.165) is 22.3 Å². The fourth-order valence-electron chi connectivity index (χ4n) is 3.51. The molecule has 0 radical (unpaired) electrons. The highest BCUT2D eigenvalue weighted by Gasteiger charge is 2.41. The van der Waals surface area contributed by atoms with Crippen molar-refractivity contribution in [2.45, 2.75) is 26.9 Å². The highest BCUT2D eigenvalue weighted by atomic mass is 19.4. The van der Waals surface area contributed by atoms with Gasteiger partial charge in [-0.1, -0.05) is 28.4 Å². The summed E-state index contributed by atoms with van der Waals surface area (Å²) in [5, 5.41) is 3.85. The zero-order valence-corrected chi connectivity index (χ0v) is 15.9. The van der Waals surface area contributed by atoms with E-state index < -0.39 is 11.9 Å². The third-order valence-corrected chi connectivity index (χ3v) is 4.93. The molecule has 0 aliphatic heterocycles. The van der Waals surface area contributed by atoms with Gasteiger partial charge in [0.25, 0.3) is 5.69 Å². The molecule has 7 heteroatoms. The number of fused-ring (bicyclic) bond motifs is 2. The molecule has 0 aliphatic rings. The molecule has 0 N–H and O–H groups in total. The van der Waals surface area contributed by atoms with Crippen LogP contribution < -0.4 is 4.68 Å². The molecule has 2 aromatic heterocycles. The van der Waals surface area contributed by atoms with Crippen molar-refractivity contribution in [3.63, 3.8) is 0 Å². The highest BCUT2D eigenvalue weighted by Crippen LogP contribution is 2.36. The first kappa shape index (κ1) is 18.3. The monoisotopic (exact) mass is 383 g/mol. The molecule has 4 aromatic rings. The summed E-state index contributed by atoms with van der Waals surface area (Å²) in [5.41, 5.74) is 4.22. The number of alkyl halides is 3. The quantitative estimate of drug-likeness (QED) is 0.356. The third kappa shape index (κ3) is 2.87. The summed E-state index contributed by atoms with van der Waals surface area (Å²) in [4.78, 5) is 8.85. The van der Waals surface area contributed by atoms with Crippen molar-refractivity contribution in [3.8, 4) is 11.3 Å². The number of hydrogen-bond acceptors (Lipinski definition) is 3. The van der Waals surface area contributed by atoms with E-state index in [0.29, 0.717) is 16.7 Å². The van der Waals surface area contributed by atoms with Crippen molar-refractivity contribution in [1.82, 2.24) is 15.1 Å². The maximum Gasteiger partial charge on any atom is 0.441 e. The molecule has 2 heterocycles. The minimum atomic E-state index is -4.64. The van der Waals surface area contributed by atoms with Gasteiger partial charge in [-0.15, -0.1) is 0 Å². The molecule has 0 saturated carbocycles. The molecule has 142 valence electrons. The fraction of sp³-hybridized carbons (Fsp3) is 0.238. The van der Waals surface area contributed by atoms with Crippen LogP contribution in [0, 0.1) is 20.8 Å². The normalized spacial score (nSPS) is 12.1. The minimum absolute atomic E-state index is 0.191. The molecule has 0 aliphatic carbocycles. The zero-order chi connectivity index (χ0) is 20.2. The Morgan fingerprint density at radius 1 is 0.893 bits per heavy atom. The van der Waals surface area contributed by atoms with Crippen molar-refractivity contribution in [3.05, 3.63) is 58.8 Å². The number of rotatable bonds is 1. The van der Waals surface area contributed by atoms with Crippen LogP contribution in [0.2, 0.25) is 0 Å². The lowest BCUT2D eigenvalue weighted by Crippen LogP contribution is -2.39. The molecule has 0 amide bonds. The number of para-hydroxylation sites is 2. The first-order valence-electron chi connectivity index (χ1n) is 8.79. The Balaban J connectivity index is 2.22. The minimum Gasteiger partial charge on any atom is -0.242 e. The topological polar surface area (TPSA) is 42.6 Å². The van der Waals surface area contributed by atoms with Gasteiger partial charge in [-0.25, -0.2) is 9.97 Å². The maximum atomic E-state index is 13.7. The first-order chi connectivity index (χ1) is 13.2. The molecular formula is C21H18F3N4+. The molecule has 0 spiro atoms. The predicted molar refractivity (Wildman–Crippen MR) is 101 cm³/mol. The van der Waals surface area contributed by atoms with Crippen molar-refractivity contribution in [2.75, 3.05) is 0 Å². The van der Waals surface area contributed by atoms with Gasteiger partial charge in [-0.05, 0) is 50.1 Å². The van der Waals surface area contributed by atoms with E-state index >= 15 is 0 Å². The molecule has 0 fully saturated rings. The van der Waals surface area contributed by atoms with E-state index in [1.807, 2.05) is 32.9 Å². The molecular weight excluding hydrogens is 365 g/mol. The molecule has 0 unspecified atom stereocenters. The van der Waals surface area contributed by atoms with Gasteiger partial charge in [0.05, 0.1) is 16.6 Å². The molecule has 2 aromatic carbocycles. The number of nitrogens with zero attached hydrogens (tertiary/aromatic N) is 4. The van der Waals surface area contributed by atoms with Crippen LogP contribution in [0.5, 0.6) is 0 Å². The molecule has 0 saturated heterocycles. The standard InChI is InChI=1S/C21H18F3N4/c1-11-9-12(2)13(3)14(10-11)19-17-18(20(21(22,23)24)27-28(19)4)26-16-8-6-5-7-15(16)25-17/h5-10H,1-4H3/q+1. The number of aryl methyl sites for hydroxylation is 3. The average Bonchev–Trinajstić information content (AvgIpc) is 2.62. The summed E-state index contributed by atoms with van der Waals surface area (Å²) < 4.78 is 42.3. The van der Waals surface area contributed by atoms with Crippen LogP contribution in [0.3, 0.4) is 0 Å². The Morgan fingerprint density at radius 3 is 2.11 bits per heavy atom. The van der Waals surface area contributed by atoms with Crippen molar-refractivity contribution in [2.24, 2.45) is 7.05 Å². The van der Waals surface area contributed by atoms with Crippen LogP contribution in [0.15, 0.2) is 36.4 Å². The van der Waals surface area contributed by atoms with Crippen LogP contribution in [0.4, 0.5) is 13.2 Å². The summed E-state index contributed by atoms with van der Waals surface area (Å²) in [7, 11) is 1.51. The second kappa shape index (κ2) is 6.22. The van der Waals surface area contributed by atoms with E-state index in [2.05, 4.69) is 15.1 Å². The van der Waals surface area contributed by atoms with E-state index in [1.54, 1.807) is 24.3 Å². The van der Waals surface area contributed by atoms with Gasteiger partial charge in [-0.3, -0.25) is 0 Å². The van der Waals surface area contributed by atoms with Gasteiger partial charge in [0.2, 0.25) is 5.69 Å². The Bertz CT molecular complexity index is 1250. The zero-order valence-electron chi connectivity index (χ0n) is 15.9. The predicted octanol–water partition coefficient (Wildman–Crippen LogP) is 4.61. The third-order valence-electron chi connectivity index (χ3n) is 4.93. The molecule has 4 rings (SSSR count).